The third-order valence-corrected chi connectivity index (χ3v) is 4.46. The lowest BCUT2D eigenvalue weighted by molar-refractivity contribution is 0.269. The topological polar surface area (TPSA) is 46.2 Å². The van der Waals surface area contributed by atoms with Crippen molar-refractivity contribution in [3.63, 3.8) is 0 Å². The average molecular weight is 297 g/mol. The first-order valence-electron chi connectivity index (χ1n) is 6.96. The average Bonchev–Trinajstić information content (AvgIpc) is 2.15. The van der Waals surface area contributed by atoms with E-state index in [-0.39, 0.29) is 11.2 Å². The van der Waals surface area contributed by atoms with Crippen LogP contribution in [-0.4, -0.2) is 14.0 Å². The molecule has 1 N–H and O–H groups in total. The molecule has 0 saturated carbocycles. The van der Waals surface area contributed by atoms with Gasteiger partial charge in [-0.1, -0.05) is 50.6 Å². The van der Waals surface area contributed by atoms with Gasteiger partial charge in [-0.25, -0.2) is 13.1 Å². The predicted molar refractivity (Wildman–Crippen MR) is 85.1 cm³/mol. The Morgan fingerprint density at radius 1 is 1.00 bits per heavy atom. The fourth-order valence-electron chi connectivity index (χ4n) is 2.72. The fraction of sp³-hybridized carbons (Fsp3) is 0.625. The number of aryl methyl sites for hydroxylation is 1. The van der Waals surface area contributed by atoms with E-state index in [4.69, 9.17) is 0 Å². The van der Waals surface area contributed by atoms with Crippen LogP contribution in [0.2, 0.25) is 0 Å². The van der Waals surface area contributed by atoms with Crippen LogP contribution in [0.1, 0.15) is 52.2 Å². The van der Waals surface area contributed by atoms with Gasteiger partial charge in [-0.05, 0) is 38.2 Å². The lowest BCUT2D eigenvalue weighted by Crippen LogP contribution is -2.46. The Morgan fingerprint density at radius 3 is 1.95 bits per heavy atom. The minimum absolute atomic E-state index is 0.0286. The molecule has 0 radical (unpaired) electrons. The highest BCUT2D eigenvalue weighted by Crippen LogP contribution is 2.27. The molecule has 114 valence electrons. The van der Waals surface area contributed by atoms with Gasteiger partial charge in [-0.2, -0.15) is 0 Å². The molecule has 0 saturated heterocycles. The van der Waals surface area contributed by atoms with Crippen LogP contribution in [0.5, 0.6) is 0 Å². The minimum atomic E-state index is -3.33. The third-order valence-electron chi connectivity index (χ3n) is 2.88. The molecule has 0 spiro atoms. The van der Waals surface area contributed by atoms with Crippen molar-refractivity contribution in [3.8, 4) is 0 Å². The summed E-state index contributed by atoms with van der Waals surface area (Å²) < 4.78 is 27.4. The van der Waals surface area contributed by atoms with Crippen molar-refractivity contribution in [2.45, 2.75) is 59.3 Å². The van der Waals surface area contributed by atoms with Crippen LogP contribution in [0, 0.1) is 12.3 Å². The van der Waals surface area contributed by atoms with E-state index in [1.54, 1.807) is 0 Å². The Hall–Kier alpha value is -0.870. The first kappa shape index (κ1) is 17.2. The van der Waals surface area contributed by atoms with Crippen molar-refractivity contribution in [3.05, 3.63) is 35.4 Å². The molecule has 0 aliphatic carbocycles. The van der Waals surface area contributed by atoms with Crippen LogP contribution < -0.4 is 4.72 Å². The molecule has 0 atom stereocenters. The maximum Gasteiger partial charge on any atom is 0.216 e. The first-order valence-corrected chi connectivity index (χ1v) is 8.61. The minimum Gasteiger partial charge on any atom is -0.212 e. The molecule has 0 aromatic heterocycles. The number of hydrogen-bond acceptors (Lipinski definition) is 2. The van der Waals surface area contributed by atoms with E-state index in [9.17, 15) is 8.42 Å². The van der Waals surface area contributed by atoms with E-state index in [0.717, 1.165) is 17.5 Å². The number of nitrogens with one attached hydrogen (secondary N) is 1. The van der Waals surface area contributed by atoms with Crippen molar-refractivity contribution in [2.24, 2.45) is 5.41 Å². The number of rotatable bonds is 5. The van der Waals surface area contributed by atoms with E-state index in [1.165, 1.54) is 0 Å². The molecule has 4 heteroatoms. The summed E-state index contributed by atoms with van der Waals surface area (Å²) in [6.45, 7) is 12.2. The normalized spacial score (nSPS) is 13.5. The van der Waals surface area contributed by atoms with E-state index in [0.29, 0.717) is 0 Å². The quantitative estimate of drug-likeness (QED) is 0.902. The van der Waals surface area contributed by atoms with Crippen LogP contribution in [-0.2, 0) is 15.8 Å². The molecule has 0 heterocycles. The highest BCUT2D eigenvalue weighted by molar-refractivity contribution is 7.88. The van der Waals surface area contributed by atoms with Gasteiger partial charge in [0.25, 0.3) is 0 Å². The van der Waals surface area contributed by atoms with Crippen molar-refractivity contribution < 1.29 is 8.42 Å². The number of sulfonamides is 1. The molecular weight excluding hydrogens is 270 g/mol. The standard InChI is InChI=1S/C16H27NO2S/c1-13-7-9-14(10-8-13)11-20(18,19)17-16(5,6)12-15(2,3)4/h7-10,17H,11-12H2,1-6H3. The number of benzene rings is 1. The van der Waals surface area contributed by atoms with Gasteiger partial charge in [0.15, 0.2) is 0 Å². The summed E-state index contributed by atoms with van der Waals surface area (Å²) in [6, 6.07) is 7.60. The van der Waals surface area contributed by atoms with Crippen LogP contribution >= 0.6 is 0 Å². The van der Waals surface area contributed by atoms with Crippen molar-refractivity contribution in [1.82, 2.24) is 4.72 Å². The second-order valence-electron chi connectivity index (χ2n) is 7.47. The van der Waals surface area contributed by atoms with E-state index >= 15 is 0 Å². The van der Waals surface area contributed by atoms with Crippen molar-refractivity contribution >= 4 is 10.0 Å². The van der Waals surface area contributed by atoms with Gasteiger partial charge in [0.05, 0.1) is 5.75 Å². The molecular formula is C16H27NO2S. The predicted octanol–water partition coefficient (Wildman–Crippen LogP) is 3.63. The van der Waals surface area contributed by atoms with E-state index < -0.39 is 15.6 Å². The summed E-state index contributed by atoms with van der Waals surface area (Å²) in [6.07, 6.45) is 0.785. The van der Waals surface area contributed by atoms with Gasteiger partial charge in [0, 0.05) is 5.54 Å². The monoisotopic (exact) mass is 297 g/mol. The maximum absolute atomic E-state index is 12.3. The van der Waals surface area contributed by atoms with Crippen LogP contribution in [0.15, 0.2) is 24.3 Å². The maximum atomic E-state index is 12.3. The lowest BCUT2D eigenvalue weighted by atomic mass is 9.82. The zero-order valence-electron chi connectivity index (χ0n) is 13.4. The van der Waals surface area contributed by atoms with Crippen molar-refractivity contribution in [2.75, 3.05) is 0 Å². The van der Waals surface area contributed by atoms with Crippen LogP contribution in [0.4, 0.5) is 0 Å². The summed E-state index contributed by atoms with van der Waals surface area (Å²) in [5.74, 6) is 0.0286. The third kappa shape index (κ3) is 6.53. The molecule has 0 amide bonds. The second kappa shape index (κ2) is 5.86. The molecule has 0 fully saturated rings. The lowest BCUT2D eigenvalue weighted by Gasteiger charge is -2.33. The number of hydrogen-bond donors (Lipinski definition) is 1. The van der Waals surface area contributed by atoms with Gasteiger partial charge >= 0.3 is 0 Å². The second-order valence-corrected chi connectivity index (χ2v) is 9.19. The highest BCUT2D eigenvalue weighted by atomic mass is 32.2. The van der Waals surface area contributed by atoms with E-state index in [2.05, 4.69) is 25.5 Å². The molecule has 0 aliphatic heterocycles. The van der Waals surface area contributed by atoms with Gasteiger partial charge in [-0.15, -0.1) is 0 Å². The smallest absolute Gasteiger partial charge is 0.212 e. The SMILES string of the molecule is Cc1ccc(CS(=O)(=O)NC(C)(C)CC(C)(C)C)cc1. The Morgan fingerprint density at radius 2 is 1.50 bits per heavy atom. The Labute approximate surface area is 123 Å². The van der Waals surface area contributed by atoms with Gasteiger partial charge < -0.3 is 0 Å². The van der Waals surface area contributed by atoms with Crippen LogP contribution in [0.25, 0.3) is 0 Å². The summed E-state index contributed by atoms with van der Waals surface area (Å²) >= 11 is 0. The molecule has 0 aliphatic rings. The zero-order valence-corrected chi connectivity index (χ0v) is 14.3. The summed E-state index contributed by atoms with van der Waals surface area (Å²) in [5, 5.41) is 0. The molecule has 0 bridgehead atoms. The van der Waals surface area contributed by atoms with Crippen molar-refractivity contribution in [1.29, 1.82) is 0 Å². The molecule has 3 nitrogen and oxygen atoms in total. The molecule has 1 aromatic carbocycles. The summed E-state index contributed by atoms with van der Waals surface area (Å²) in [4.78, 5) is 0. The zero-order chi connectivity index (χ0) is 15.6. The summed E-state index contributed by atoms with van der Waals surface area (Å²) in [5.41, 5.74) is 1.58. The van der Waals surface area contributed by atoms with Gasteiger partial charge in [0.1, 0.15) is 0 Å². The Balaban J connectivity index is 2.77. The largest absolute Gasteiger partial charge is 0.216 e. The summed E-state index contributed by atoms with van der Waals surface area (Å²) in [7, 11) is -3.33. The Bertz CT molecular complexity index is 537. The molecule has 0 unspecified atom stereocenters. The van der Waals surface area contributed by atoms with Gasteiger partial charge in [0.2, 0.25) is 10.0 Å². The van der Waals surface area contributed by atoms with Gasteiger partial charge in [-0.3, -0.25) is 0 Å². The highest BCUT2D eigenvalue weighted by Gasteiger charge is 2.29. The van der Waals surface area contributed by atoms with E-state index in [1.807, 2.05) is 45.0 Å². The molecule has 20 heavy (non-hydrogen) atoms. The molecule has 1 aromatic rings. The first-order chi connectivity index (χ1) is 8.89. The Kier molecular flexibility index (Phi) is 5.03. The molecule has 1 rings (SSSR count). The fourth-order valence-corrected chi connectivity index (χ4v) is 4.34. The van der Waals surface area contributed by atoms with Crippen LogP contribution in [0.3, 0.4) is 0 Å².